The molecule has 3 nitrogen and oxygen atoms in total. The van der Waals surface area contributed by atoms with Crippen molar-refractivity contribution in [3.63, 3.8) is 0 Å². The summed E-state index contributed by atoms with van der Waals surface area (Å²) in [6.07, 6.45) is 2.16. The summed E-state index contributed by atoms with van der Waals surface area (Å²) in [7, 11) is 0. The van der Waals surface area contributed by atoms with Crippen molar-refractivity contribution in [3.05, 3.63) is 0 Å². The van der Waals surface area contributed by atoms with Gasteiger partial charge in [-0.3, -0.25) is 4.79 Å². The van der Waals surface area contributed by atoms with E-state index in [1.54, 1.807) is 0 Å². The van der Waals surface area contributed by atoms with Crippen molar-refractivity contribution in [2.24, 2.45) is 5.41 Å². The molecule has 1 amide bonds. The molecule has 0 aliphatic rings. The average Bonchev–Trinajstić information content (AvgIpc) is 2.07. The van der Waals surface area contributed by atoms with E-state index in [-0.39, 0.29) is 13.9 Å². The summed E-state index contributed by atoms with van der Waals surface area (Å²) < 4.78 is 4.98. The lowest BCUT2D eigenvalue weighted by Crippen LogP contribution is -2.29. The zero-order valence-corrected chi connectivity index (χ0v) is 9.85. The second-order valence-corrected chi connectivity index (χ2v) is 4.65. The summed E-state index contributed by atoms with van der Waals surface area (Å²) in [4.78, 5) is 11.1. The van der Waals surface area contributed by atoms with Crippen LogP contribution in [0.4, 0.5) is 0 Å². The van der Waals surface area contributed by atoms with Crippen LogP contribution in [-0.2, 0) is 9.53 Å². The maximum atomic E-state index is 11.1. The maximum absolute atomic E-state index is 11.1. The lowest BCUT2D eigenvalue weighted by Gasteiger charge is -2.17. The van der Waals surface area contributed by atoms with Gasteiger partial charge in [0.1, 0.15) is 6.61 Å². The minimum absolute atomic E-state index is 0. The molecule has 3 heteroatoms. The monoisotopic (exact) mass is 203 g/mol. The molecule has 0 heterocycles. The highest BCUT2D eigenvalue weighted by Crippen LogP contribution is 2.19. The van der Waals surface area contributed by atoms with Crippen LogP contribution < -0.4 is 5.32 Å². The molecule has 86 valence electrons. The highest BCUT2D eigenvalue weighted by Gasteiger charge is 2.09. The minimum atomic E-state index is -0.0132. The second-order valence-electron chi connectivity index (χ2n) is 4.65. The summed E-state index contributed by atoms with van der Waals surface area (Å²) in [5.74, 6) is -0.0132. The van der Waals surface area contributed by atoms with Gasteiger partial charge in [-0.2, -0.15) is 0 Å². The second kappa shape index (κ2) is 6.82. The van der Waals surface area contributed by atoms with Gasteiger partial charge in [0, 0.05) is 14.6 Å². The molecule has 0 spiro atoms. The van der Waals surface area contributed by atoms with Crippen LogP contribution in [0.25, 0.3) is 0 Å². The summed E-state index contributed by atoms with van der Waals surface area (Å²) in [5.41, 5.74) is 0.352. The number of hydrogen-bond donors (Lipinski definition) is 1. The van der Waals surface area contributed by atoms with Gasteiger partial charge in [-0.15, -0.1) is 0 Å². The SMILES string of the molecule is CCOCC(=O)NCCCC(C)(C)C.[HH]. The molecule has 0 aromatic heterocycles. The van der Waals surface area contributed by atoms with Crippen LogP contribution in [0.5, 0.6) is 0 Å². The van der Waals surface area contributed by atoms with Gasteiger partial charge in [0.25, 0.3) is 0 Å². The van der Waals surface area contributed by atoms with Gasteiger partial charge in [-0.05, 0) is 25.2 Å². The molecular weight excluding hydrogens is 178 g/mol. The molecule has 0 radical (unpaired) electrons. The van der Waals surface area contributed by atoms with Gasteiger partial charge in [0.15, 0.2) is 0 Å². The average molecular weight is 203 g/mol. The molecule has 0 aromatic rings. The van der Waals surface area contributed by atoms with E-state index < -0.39 is 0 Å². The molecule has 0 saturated carbocycles. The van der Waals surface area contributed by atoms with Gasteiger partial charge in [-0.25, -0.2) is 0 Å². The summed E-state index contributed by atoms with van der Waals surface area (Å²) in [5, 5.41) is 2.83. The van der Waals surface area contributed by atoms with Crippen LogP contribution in [-0.4, -0.2) is 25.7 Å². The number of rotatable bonds is 6. The third-order valence-electron chi connectivity index (χ3n) is 1.86. The Bertz CT molecular complexity index is 166. The van der Waals surface area contributed by atoms with Crippen molar-refractivity contribution in [3.8, 4) is 0 Å². The highest BCUT2D eigenvalue weighted by molar-refractivity contribution is 5.77. The Morgan fingerprint density at radius 3 is 2.57 bits per heavy atom. The lowest BCUT2D eigenvalue weighted by atomic mass is 9.91. The van der Waals surface area contributed by atoms with E-state index in [0.29, 0.717) is 12.0 Å². The van der Waals surface area contributed by atoms with Crippen molar-refractivity contribution in [1.29, 1.82) is 0 Å². The fourth-order valence-electron chi connectivity index (χ4n) is 1.09. The zero-order valence-electron chi connectivity index (χ0n) is 9.85. The Kier molecular flexibility index (Phi) is 6.54. The molecule has 0 fully saturated rings. The van der Waals surface area contributed by atoms with Crippen LogP contribution in [0.3, 0.4) is 0 Å². The summed E-state index contributed by atoms with van der Waals surface area (Å²) in [6.45, 7) is 10.0. The fourth-order valence-corrected chi connectivity index (χ4v) is 1.09. The predicted octanol–water partition coefficient (Wildman–Crippen LogP) is 2.21. The van der Waals surface area contributed by atoms with Crippen LogP contribution in [0, 0.1) is 5.41 Å². The Balaban J connectivity index is 0. The number of ether oxygens (including phenoxy) is 1. The largest absolute Gasteiger partial charge is 0.372 e. The Morgan fingerprint density at radius 2 is 2.07 bits per heavy atom. The topological polar surface area (TPSA) is 38.3 Å². The lowest BCUT2D eigenvalue weighted by molar-refractivity contribution is -0.125. The Morgan fingerprint density at radius 1 is 1.43 bits per heavy atom. The van der Waals surface area contributed by atoms with E-state index in [2.05, 4.69) is 26.1 Å². The number of amides is 1. The molecular formula is C11H25NO2. The van der Waals surface area contributed by atoms with Crippen molar-refractivity contribution in [1.82, 2.24) is 5.32 Å². The van der Waals surface area contributed by atoms with Crippen LogP contribution in [0.1, 0.15) is 42.0 Å². The summed E-state index contributed by atoms with van der Waals surface area (Å²) in [6, 6.07) is 0. The quantitative estimate of drug-likeness (QED) is 0.672. The van der Waals surface area contributed by atoms with E-state index in [0.717, 1.165) is 19.4 Å². The van der Waals surface area contributed by atoms with E-state index in [1.165, 1.54) is 0 Å². The number of nitrogens with one attached hydrogen (secondary N) is 1. The van der Waals surface area contributed by atoms with Crippen molar-refractivity contribution < 1.29 is 11.0 Å². The first-order valence-electron chi connectivity index (χ1n) is 5.30. The van der Waals surface area contributed by atoms with Crippen molar-refractivity contribution in [2.45, 2.75) is 40.5 Å². The van der Waals surface area contributed by atoms with Gasteiger partial charge >= 0.3 is 0 Å². The van der Waals surface area contributed by atoms with Gasteiger partial charge in [-0.1, -0.05) is 20.8 Å². The van der Waals surface area contributed by atoms with Crippen molar-refractivity contribution in [2.75, 3.05) is 19.8 Å². The number of hydrogen-bond acceptors (Lipinski definition) is 2. The third kappa shape index (κ3) is 9.52. The van der Waals surface area contributed by atoms with Crippen LogP contribution >= 0.6 is 0 Å². The molecule has 0 bridgehead atoms. The van der Waals surface area contributed by atoms with E-state index in [9.17, 15) is 4.79 Å². The van der Waals surface area contributed by atoms with E-state index in [4.69, 9.17) is 4.74 Å². The molecule has 0 aliphatic carbocycles. The first kappa shape index (κ1) is 13.4. The van der Waals surface area contributed by atoms with Crippen LogP contribution in [0.15, 0.2) is 0 Å². The summed E-state index contributed by atoms with van der Waals surface area (Å²) >= 11 is 0. The standard InChI is InChI=1S/C11H23NO2.H2/c1-5-14-9-10(13)12-8-6-7-11(2,3)4;/h5-9H2,1-4H3,(H,12,13);1H. The first-order chi connectivity index (χ1) is 6.45. The normalized spacial score (nSPS) is 11.4. The molecule has 0 unspecified atom stereocenters. The Hall–Kier alpha value is -0.570. The van der Waals surface area contributed by atoms with E-state index >= 15 is 0 Å². The molecule has 1 N–H and O–H groups in total. The number of carbonyl (C=O) groups excluding carboxylic acids is 1. The number of carbonyl (C=O) groups is 1. The molecule has 0 atom stereocenters. The van der Waals surface area contributed by atoms with Gasteiger partial charge < -0.3 is 10.1 Å². The molecule has 14 heavy (non-hydrogen) atoms. The predicted molar refractivity (Wildman–Crippen MR) is 60.3 cm³/mol. The highest BCUT2D eigenvalue weighted by atomic mass is 16.5. The smallest absolute Gasteiger partial charge is 0.245 e. The zero-order chi connectivity index (χ0) is 11.0. The molecule has 0 saturated heterocycles. The fraction of sp³-hybridized carbons (Fsp3) is 0.909. The first-order valence-corrected chi connectivity index (χ1v) is 5.30. The van der Waals surface area contributed by atoms with Gasteiger partial charge in [0.05, 0.1) is 0 Å². The van der Waals surface area contributed by atoms with Crippen LogP contribution in [0.2, 0.25) is 0 Å². The molecule has 0 rings (SSSR count). The van der Waals surface area contributed by atoms with E-state index in [1.807, 2.05) is 6.92 Å². The van der Waals surface area contributed by atoms with Crippen molar-refractivity contribution >= 4 is 5.91 Å². The minimum Gasteiger partial charge on any atom is -0.372 e. The Labute approximate surface area is 88.7 Å². The maximum Gasteiger partial charge on any atom is 0.245 e. The third-order valence-corrected chi connectivity index (χ3v) is 1.86. The van der Waals surface area contributed by atoms with Gasteiger partial charge in [0.2, 0.25) is 5.91 Å². The molecule has 0 aliphatic heterocycles. The molecule has 0 aromatic carbocycles.